The van der Waals surface area contributed by atoms with E-state index in [-0.39, 0.29) is 24.1 Å². The van der Waals surface area contributed by atoms with E-state index in [0.717, 1.165) is 5.69 Å². The topological polar surface area (TPSA) is 88.2 Å². The van der Waals surface area contributed by atoms with E-state index in [9.17, 15) is 4.79 Å². The number of amides is 1. The van der Waals surface area contributed by atoms with Crippen molar-refractivity contribution in [2.45, 2.75) is 6.92 Å². The monoisotopic (exact) mass is 305 g/mol. The lowest BCUT2D eigenvalue weighted by atomic mass is 10.2. The molecule has 0 aliphatic rings. The molecule has 2 aromatic carbocycles. The Morgan fingerprint density at radius 3 is 1.95 bits per heavy atom. The van der Waals surface area contributed by atoms with Crippen LogP contribution in [0.1, 0.15) is 12.5 Å². The zero-order valence-corrected chi connectivity index (χ0v) is 12.2. The van der Waals surface area contributed by atoms with Crippen LogP contribution in [0, 0.1) is 5.41 Å². The molecule has 0 radical (unpaired) electrons. The van der Waals surface area contributed by atoms with Gasteiger partial charge >= 0.3 is 0 Å². The fraction of sp³-hybridized carbons (Fsp3) is 0.0667. The minimum atomic E-state index is -0.113. The molecule has 0 spiro atoms. The quantitative estimate of drug-likeness (QED) is 0.599. The van der Waals surface area contributed by atoms with E-state index in [1.165, 1.54) is 6.92 Å². The number of rotatable bonds is 4. The third kappa shape index (κ3) is 4.81. The Morgan fingerprint density at radius 2 is 1.52 bits per heavy atom. The van der Waals surface area contributed by atoms with Crippen molar-refractivity contribution in [1.82, 2.24) is 0 Å². The van der Waals surface area contributed by atoms with Gasteiger partial charge in [0.15, 0.2) is 0 Å². The molecule has 0 unspecified atom stereocenters. The summed E-state index contributed by atoms with van der Waals surface area (Å²) in [5.74, 6) is 1.23. The molecule has 2 aromatic rings. The van der Waals surface area contributed by atoms with E-state index in [2.05, 4.69) is 5.32 Å². The number of anilines is 1. The molecule has 0 atom stereocenters. The highest BCUT2D eigenvalue weighted by atomic mass is 35.5. The van der Waals surface area contributed by atoms with Crippen molar-refractivity contribution in [3.05, 3.63) is 54.1 Å². The van der Waals surface area contributed by atoms with E-state index >= 15 is 0 Å². The van der Waals surface area contributed by atoms with Gasteiger partial charge in [-0.1, -0.05) is 0 Å². The molecule has 4 N–H and O–H groups in total. The van der Waals surface area contributed by atoms with Crippen LogP contribution in [0.4, 0.5) is 5.69 Å². The van der Waals surface area contributed by atoms with Crippen LogP contribution in [-0.4, -0.2) is 11.7 Å². The van der Waals surface area contributed by atoms with Crippen LogP contribution in [0.25, 0.3) is 0 Å². The second kappa shape index (κ2) is 7.31. The van der Waals surface area contributed by atoms with Gasteiger partial charge in [0.25, 0.3) is 0 Å². The number of carbonyl (C=O) groups is 1. The summed E-state index contributed by atoms with van der Waals surface area (Å²) >= 11 is 0. The number of halogens is 1. The number of nitrogens with two attached hydrogens (primary N) is 1. The summed E-state index contributed by atoms with van der Waals surface area (Å²) in [6.45, 7) is 1.46. The molecule has 6 heteroatoms. The average molecular weight is 306 g/mol. The van der Waals surface area contributed by atoms with E-state index in [1.54, 1.807) is 48.5 Å². The van der Waals surface area contributed by atoms with Gasteiger partial charge in [-0.3, -0.25) is 10.2 Å². The molecule has 1 amide bonds. The second-order valence-corrected chi connectivity index (χ2v) is 4.25. The van der Waals surface area contributed by atoms with Crippen LogP contribution in [0.3, 0.4) is 0 Å². The molecular formula is C15H16ClN3O2. The lowest BCUT2D eigenvalue weighted by Crippen LogP contribution is -2.10. The van der Waals surface area contributed by atoms with Gasteiger partial charge in [-0.05, 0) is 48.5 Å². The zero-order chi connectivity index (χ0) is 14.5. The number of nitrogen functional groups attached to an aromatic ring is 1. The van der Waals surface area contributed by atoms with Crippen molar-refractivity contribution in [3.8, 4) is 11.5 Å². The highest BCUT2D eigenvalue weighted by Gasteiger charge is 2.01. The Bertz CT molecular complexity index is 624. The predicted molar refractivity (Wildman–Crippen MR) is 85.5 cm³/mol. The van der Waals surface area contributed by atoms with Crippen molar-refractivity contribution in [2.24, 2.45) is 5.73 Å². The molecule has 0 saturated carbocycles. The Labute approximate surface area is 129 Å². The first kappa shape index (κ1) is 16.5. The number of benzene rings is 2. The lowest BCUT2D eigenvalue weighted by molar-refractivity contribution is -0.114. The largest absolute Gasteiger partial charge is 0.457 e. The van der Waals surface area contributed by atoms with Crippen LogP contribution >= 0.6 is 12.4 Å². The van der Waals surface area contributed by atoms with Gasteiger partial charge in [-0.2, -0.15) is 0 Å². The average Bonchev–Trinajstić information content (AvgIpc) is 2.41. The molecule has 0 bridgehead atoms. The molecule has 0 saturated heterocycles. The third-order valence-electron chi connectivity index (χ3n) is 2.58. The van der Waals surface area contributed by atoms with Crippen molar-refractivity contribution in [3.63, 3.8) is 0 Å². The van der Waals surface area contributed by atoms with Crippen molar-refractivity contribution < 1.29 is 9.53 Å². The molecule has 0 aliphatic carbocycles. The fourth-order valence-electron chi connectivity index (χ4n) is 1.65. The molecule has 21 heavy (non-hydrogen) atoms. The second-order valence-electron chi connectivity index (χ2n) is 4.25. The Hall–Kier alpha value is -2.53. The minimum Gasteiger partial charge on any atom is -0.457 e. The minimum absolute atomic E-state index is 0. The van der Waals surface area contributed by atoms with Gasteiger partial charge in [-0.15, -0.1) is 12.4 Å². The molecule has 2 rings (SSSR count). The van der Waals surface area contributed by atoms with Gasteiger partial charge in [0, 0.05) is 18.2 Å². The summed E-state index contributed by atoms with van der Waals surface area (Å²) in [7, 11) is 0. The third-order valence-corrected chi connectivity index (χ3v) is 2.58. The summed E-state index contributed by atoms with van der Waals surface area (Å²) < 4.78 is 5.65. The molecule has 0 fully saturated rings. The Morgan fingerprint density at radius 1 is 1.05 bits per heavy atom. The molecule has 110 valence electrons. The molecular weight excluding hydrogens is 290 g/mol. The van der Waals surface area contributed by atoms with Gasteiger partial charge < -0.3 is 15.8 Å². The maximum absolute atomic E-state index is 10.9. The Kier molecular flexibility index (Phi) is 5.75. The summed E-state index contributed by atoms with van der Waals surface area (Å²) in [4.78, 5) is 10.9. The summed E-state index contributed by atoms with van der Waals surface area (Å²) in [6.07, 6.45) is 0. The van der Waals surface area contributed by atoms with E-state index in [4.69, 9.17) is 15.9 Å². The lowest BCUT2D eigenvalue weighted by Gasteiger charge is -2.07. The summed E-state index contributed by atoms with van der Waals surface area (Å²) in [6, 6.07) is 14.0. The van der Waals surface area contributed by atoms with Crippen molar-refractivity contribution in [1.29, 1.82) is 5.41 Å². The van der Waals surface area contributed by atoms with E-state index < -0.39 is 0 Å². The predicted octanol–water partition coefficient (Wildman–Crippen LogP) is 3.14. The number of hydrogen-bond donors (Lipinski definition) is 3. The van der Waals surface area contributed by atoms with Gasteiger partial charge in [0.1, 0.15) is 17.3 Å². The van der Waals surface area contributed by atoms with E-state index in [1.807, 2.05) is 0 Å². The molecule has 0 heterocycles. The first-order chi connectivity index (χ1) is 9.54. The SMILES string of the molecule is CC(=O)Nc1ccc(Oc2ccc(C(=N)N)cc2)cc1.Cl. The van der Waals surface area contributed by atoms with Crippen molar-refractivity contribution >= 4 is 29.8 Å². The normalized spacial score (nSPS) is 9.38. The number of ether oxygens (including phenoxy) is 1. The first-order valence-corrected chi connectivity index (χ1v) is 6.04. The molecule has 5 nitrogen and oxygen atoms in total. The highest BCUT2D eigenvalue weighted by molar-refractivity contribution is 5.95. The van der Waals surface area contributed by atoms with Crippen LogP contribution in [0.15, 0.2) is 48.5 Å². The van der Waals surface area contributed by atoms with E-state index in [0.29, 0.717) is 17.1 Å². The number of hydrogen-bond acceptors (Lipinski definition) is 3. The van der Waals surface area contributed by atoms with Gasteiger partial charge in [0.2, 0.25) is 5.91 Å². The van der Waals surface area contributed by atoms with Gasteiger partial charge in [-0.25, -0.2) is 0 Å². The number of amidine groups is 1. The smallest absolute Gasteiger partial charge is 0.221 e. The highest BCUT2D eigenvalue weighted by Crippen LogP contribution is 2.23. The van der Waals surface area contributed by atoms with Gasteiger partial charge in [0.05, 0.1) is 0 Å². The van der Waals surface area contributed by atoms with Crippen molar-refractivity contribution in [2.75, 3.05) is 5.32 Å². The number of nitrogens with one attached hydrogen (secondary N) is 2. The summed E-state index contributed by atoms with van der Waals surface area (Å²) in [5.41, 5.74) is 6.75. The molecule has 0 aliphatic heterocycles. The summed E-state index contributed by atoms with van der Waals surface area (Å²) in [5, 5.41) is 9.99. The first-order valence-electron chi connectivity index (χ1n) is 6.04. The number of carbonyl (C=O) groups excluding carboxylic acids is 1. The van der Waals surface area contributed by atoms with Crippen LogP contribution in [0.2, 0.25) is 0 Å². The fourth-order valence-corrected chi connectivity index (χ4v) is 1.65. The van der Waals surface area contributed by atoms with Crippen LogP contribution < -0.4 is 15.8 Å². The zero-order valence-electron chi connectivity index (χ0n) is 11.4. The maximum Gasteiger partial charge on any atom is 0.221 e. The molecule has 0 aromatic heterocycles. The van der Waals surface area contributed by atoms with Crippen LogP contribution in [-0.2, 0) is 4.79 Å². The van der Waals surface area contributed by atoms with Crippen LogP contribution in [0.5, 0.6) is 11.5 Å². The Balaban J connectivity index is 0.00000220. The standard InChI is InChI=1S/C15H15N3O2.ClH/c1-10(19)18-12-4-8-14(9-5-12)20-13-6-2-11(3-7-13)15(16)17;/h2-9H,1H3,(H3,16,17)(H,18,19);1H. The maximum atomic E-state index is 10.9.